The van der Waals surface area contributed by atoms with Crippen LogP contribution in [0.15, 0.2) is 46.9 Å². The maximum absolute atomic E-state index is 3.67. The van der Waals surface area contributed by atoms with Gasteiger partial charge in [0, 0.05) is 10.4 Å². The molecule has 1 saturated heterocycles. The molecule has 2 heteroatoms. The lowest BCUT2D eigenvalue weighted by molar-refractivity contribution is 0.342. The smallest absolute Gasteiger partial charge is 0.0178 e. The van der Waals surface area contributed by atoms with Crippen molar-refractivity contribution in [3.63, 3.8) is 0 Å². The van der Waals surface area contributed by atoms with Crippen molar-refractivity contribution in [2.45, 2.75) is 18.8 Å². The maximum Gasteiger partial charge on any atom is 0.0178 e. The average Bonchev–Trinajstić information content (AvgIpc) is 2.72. The van der Waals surface area contributed by atoms with E-state index in [9.17, 15) is 0 Å². The minimum Gasteiger partial charge on any atom is -0.317 e. The van der Waals surface area contributed by atoms with Gasteiger partial charge in [-0.05, 0) is 66.2 Å². The van der Waals surface area contributed by atoms with E-state index in [0.29, 0.717) is 5.92 Å². The molecule has 1 fully saturated rings. The van der Waals surface area contributed by atoms with E-state index in [1.54, 1.807) is 0 Å². The van der Waals surface area contributed by atoms with Gasteiger partial charge < -0.3 is 5.32 Å². The van der Waals surface area contributed by atoms with Gasteiger partial charge in [0.2, 0.25) is 0 Å². The van der Waals surface area contributed by atoms with Gasteiger partial charge in [-0.2, -0.15) is 0 Å². The Morgan fingerprint density at radius 1 is 0.864 bits per heavy atom. The quantitative estimate of drug-likeness (QED) is 0.754. The fourth-order valence-corrected chi connectivity index (χ4v) is 4.32. The van der Waals surface area contributed by atoms with Gasteiger partial charge in [-0.25, -0.2) is 0 Å². The first-order chi connectivity index (χ1) is 10.8. The molecule has 1 atom stereocenters. The molecule has 1 unspecified atom stereocenters. The van der Waals surface area contributed by atoms with Crippen LogP contribution in [0, 0.1) is 5.92 Å². The van der Waals surface area contributed by atoms with Gasteiger partial charge in [-0.3, -0.25) is 0 Å². The Balaban J connectivity index is 1.90. The molecule has 1 aliphatic heterocycles. The van der Waals surface area contributed by atoms with Crippen LogP contribution in [0.1, 0.15) is 41.0 Å². The Morgan fingerprint density at radius 3 is 2.41 bits per heavy atom. The Morgan fingerprint density at radius 2 is 1.59 bits per heavy atom. The van der Waals surface area contributed by atoms with Crippen molar-refractivity contribution >= 4 is 28.1 Å². The van der Waals surface area contributed by atoms with Crippen LogP contribution in [-0.4, -0.2) is 13.1 Å². The van der Waals surface area contributed by atoms with Gasteiger partial charge in [0.05, 0.1) is 0 Å². The van der Waals surface area contributed by atoms with Gasteiger partial charge in [-0.15, -0.1) is 0 Å². The van der Waals surface area contributed by atoms with Crippen molar-refractivity contribution in [2.75, 3.05) is 13.1 Å². The lowest BCUT2D eigenvalue weighted by Crippen LogP contribution is -2.31. The molecule has 2 aromatic rings. The third-order valence-corrected chi connectivity index (χ3v) is 5.51. The number of rotatable bonds is 1. The molecule has 1 nitrogen and oxygen atoms in total. The number of fused-ring (bicyclic) bond motifs is 2. The second kappa shape index (κ2) is 6.02. The van der Waals surface area contributed by atoms with E-state index >= 15 is 0 Å². The van der Waals surface area contributed by atoms with Crippen LogP contribution in [0.4, 0.5) is 0 Å². The van der Waals surface area contributed by atoms with Gasteiger partial charge in [-0.1, -0.05) is 58.4 Å². The summed E-state index contributed by atoms with van der Waals surface area (Å²) in [6.45, 7) is 2.28. The lowest BCUT2D eigenvalue weighted by atomic mass is 9.75. The summed E-state index contributed by atoms with van der Waals surface area (Å²) < 4.78 is 1.18. The molecular weight excluding hydrogens is 334 g/mol. The van der Waals surface area contributed by atoms with Gasteiger partial charge >= 0.3 is 0 Å². The summed E-state index contributed by atoms with van der Waals surface area (Å²) in [5.74, 6) is 1.22. The number of nitrogens with one attached hydrogen (secondary N) is 1. The highest BCUT2D eigenvalue weighted by Gasteiger charge is 2.30. The van der Waals surface area contributed by atoms with E-state index in [-0.39, 0.29) is 0 Å². The molecule has 1 N–H and O–H groups in total. The third kappa shape index (κ3) is 2.55. The summed E-state index contributed by atoms with van der Waals surface area (Å²) in [6.07, 6.45) is 7.07. The van der Waals surface area contributed by atoms with Crippen molar-refractivity contribution < 1.29 is 0 Å². The zero-order chi connectivity index (χ0) is 14.9. The molecule has 1 heterocycles. The minimum atomic E-state index is 0.501. The highest BCUT2D eigenvalue weighted by molar-refractivity contribution is 9.10. The van der Waals surface area contributed by atoms with Crippen LogP contribution in [0.2, 0.25) is 0 Å². The van der Waals surface area contributed by atoms with Crippen LogP contribution in [0.3, 0.4) is 0 Å². The van der Waals surface area contributed by atoms with Crippen molar-refractivity contribution in [2.24, 2.45) is 5.92 Å². The van der Waals surface area contributed by atoms with Crippen LogP contribution in [0.25, 0.3) is 12.2 Å². The summed E-state index contributed by atoms with van der Waals surface area (Å²) in [4.78, 5) is 0. The fraction of sp³-hybridized carbons (Fsp3) is 0.300. The predicted molar refractivity (Wildman–Crippen MR) is 96.9 cm³/mol. The topological polar surface area (TPSA) is 12.0 Å². The number of benzene rings is 2. The highest BCUT2D eigenvalue weighted by atomic mass is 79.9. The Labute approximate surface area is 140 Å². The van der Waals surface area contributed by atoms with E-state index in [1.807, 2.05) is 0 Å². The molecule has 22 heavy (non-hydrogen) atoms. The molecule has 112 valence electrons. The van der Waals surface area contributed by atoms with Crippen molar-refractivity contribution in [1.82, 2.24) is 5.32 Å². The first-order valence-electron chi connectivity index (χ1n) is 8.10. The number of hydrogen-bond donors (Lipinski definition) is 1. The first-order valence-corrected chi connectivity index (χ1v) is 8.89. The zero-order valence-electron chi connectivity index (χ0n) is 12.6. The average molecular weight is 354 g/mol. The van der Waals surface area contributed by atoms with Gasteiger partial charge in [0.15, 0.2) is 0 Å². The number of hydrogen-bond acceptors (Lipinski definition) is 1. The summed E-state index contributed by atoms with van der Waals surface area (Å²) in [5, 5.41) is 3.50. The van der Waals surface area contributed by atoms with E-state index < -0.39 is 0 Å². The second-order valence-corrected chi connectivity index (χ2v) is 7.22. The molecule has 0 saturated carbocycles. The van der Waals surface area contributed by atoms with E-state index in [4.69, 9.17) is 0 Å². The first kappa shape index (κ1) is 14.2. The van der Waals surface area contributed by atoms with Crippen LogP contribution < -0.4 is 5.32 Å². The molecule has 0 radical (unpaired) electrons. The zero-order valence-corrected chi connectivity index (χ0v) is 14.1. The largest absolute Gasteiger partial charge is 0.317 e. The molecule has 2 aliphatic rings. The summed E-state index contributed by atoms with van der Waals surface area (Å²) in [6, 6.07) is 15.6. The molecule has 0 amide bonds. The Kier molecular flexibility index (Phi) is 3.89. The standard InChI is InChI=1S/C20H20BrN/c21-17-8-7-15-6-5-14-3-1-2-4-18(14)20(19(15)13-17)16-9-11-22-12-10-16/h1-8,13,16,20,22H,9-12H2. The van der Waals surface area contributed by atoms with Crippen LogP contribution in [-0.2, 0) is 0 Å². The predicted octanol–water partition coefficient (Wildman–Crippen LogP) is 5.06. The lowest BCUT2D eigenvalue weighted by Gasteiger charge is -2.32. The summed E-state index contributed by atoms with van der Waals surface area (Å²) in [7, 11) is 0. The molecular formula is C20H20BrN. The molecule has 4 rings (SSSR count). The Hall–Kier alpha value is -1.38. The fourth-order valence-electron chi connectivity index (χ4n) is 3.95. The number of piperidine rings is 1. The van der Waals surface area contributed by atoms with Crippen molar-refractivity contribution in [3.05, 3.63) is 69.2 Å². The third-order valence-electron chi connectivity index (χ3n) is 5.01. The monoisotopic (exact) mass is 353 g/mol. The molecule has 0 spiro atoms. The molecule has 2 aromatic carbocycles. The van der Waals surface area contributed by atoms with E-state index in [1.165, 1.54) is 39.6 Å². The Bertz CT molecular complexity index is 713. The van der Waals surface area contributed by atoms with Crippen molar-refractivity contribution in [3.8, 4) is 0 Å². The summed E-state index contributed by atoms with van der Waals surface area (Å²) >= 11 is 3.67. The van der Waals surface area contributed by atoms with Crippen LogP contribution >= 0.6 is 15.9 Å². The molecule has 0 aromatic heterocycles. The molecule has 1 aliphatic carbocycles. The summed E-state index contributed by atoms with van der Waals surface area (Å²) in [5.41, 5.74) is 5.70. The van der Waals surface area contributed by atoms with Crippen LogP contribution in [0.5, 0.6) is 0 Å². The SMILES string of the molecule is Brc1ccc2c(c1)C(C1CCNCC1)c1ccccc1C=C2. The molecule has 0 bridgehead atoms. The van der Waals surface area contributed by atoms with Gasteiger partial charge in [0.1, 0.15) is 0 Å². The van der Waals surface area contributed by atoms with Crippen molar-refractivity contribution in [1.29, 1.82) is 0 Å². The minimum absolute atomic E-state index is 0.501. The van der Waals surface area contributed by atoms with Gasteiger partial charge in [0.25, 0.3) is 0 Å². The second-order valence-electron chi connectivity index (χ2n) is 6.30. The highest BCUT2D eigenvalue weighted by Crippen LogP contribution is 2.43. The normalized spacial score (nSPS) is 21.0. The maximum atomic E-state index is 3.67. The number of halogens is 1. The van der Waals surface area contributed by atoms with E-state index in [0.717, 1.165) is 19.0 Å². The van der Waals surface area contributed by atoms with E-state index in [2.05, 4.69) is 75.9 Å².